The van der Waals surface area contributed by atoms with Gasteiger partial charge in [-0.05, 0) is 0 Å². The Morgan fingerprint density at radius 2 is 1.17 bits per heavy atom. The first-order valence-corrected chi connectivity index (χ1v) is 1.95. The average Bonchev–Trinajstić information content (AvgIpc) is 0.811. The number of rotatable bonds is 0. The fourth-order valence-electron chi connectivity index (χ4n) is 0. The van der Waals surface area contributed by atoms with E-state index < -0.39 is 9.17 Å². The fraction of sp³-hybridized carbons (Fsp3) is 0. The van der Waals surface area contributed by atoms with Crippen LogP contribution in [0.1, 0.15) is 0 Å². The minimum absolute atomic E-state index is 0. The molecule has 0 unspecified atom stereocenters. The van der Waals surface area contributed by atoms with E-state index in [-0.39, 0.29) is 103 Å². The van der Waals surface area contributed by atoms with E-state index in [9.17, 15) is 0 Å². The SMILES string of the molecule is O=[Si](O)O.[K].[K]. The number of hydrogen-bond donors (Lipinski definition) is 2. The first-order chi connectivity index (χ1) is 1.73. The molecule has 0 aromatic rings. The average molecular weight is 156 g/mol. The van der Waals surface area contributed by atoms with Crippen LogP contribution in [0.25, 0.3) is 0 Å². The Morgan fingerprint density at radius 3 is 1.17 bits per heavy atom. The molecule has 2 N–H and O–H groups in total. The molecular weight excluding hydrogens is 154 g/mol. The third-order valence-corrected chi connectivity index (χ3v) is 0. The summed E-state index contributed by atoms with van der Waals surface area (Å²) in [6, 6.07) is 0. The van der Waals surface area contributed by atoms with Gasteiger partial charge < -0.3 is 9.59 Å². The summed E-state index contributed by atoms with van der Waals surface area (Å²) in [6.07, 6.45) is 0. The molecule has 6 heteroatoms. The van der Waals surface area contributed by atoms with Crippen LogP contribution in [-0.2, 0) is 4.46 Å². The van der Waals surface area contributed by atoms with Crippen LogP contribution in [0.4, 0.5) is 0 Å². The van der Waals surface area contributed by atoms with Crippen LogP contribution in [0.3, 0.4) is 0 Å². The maximum atomic E-state index is 8.74. The molecule has 0 saturated heterocycles. The van der Waals surface area contributed by atoms with Crippen molar-refractivity contribution >= 4 is 112 Å². The molecule has 0 aromatic carbocycles. The molecule has 0 aliphatic heterocycles. The second-order valence-corrected chi connectivity index (χ2v) is 0.848. The molecule has 3 nitrogen and oxygen atoms in total. The molecule has 6 heavy (non-hydrogen) atoms. The van der Waals surface area contributed by atoms with Crippen LogP contribution < -0.4 is 0 Å². The van der Waals surface area contributed by atoms with Crippen molar-refractivity contribution in [1.29, 1.82) is 0 Å². The van der Waals surface area contributed by atoms with E-state index in [1.54, 1.807) is 0 Å². The minimum Gasteiger partial charge on any atom is -0.511 e. The van der Waals surface area contributed by atoms with Crippen LogP contribution in [0.5, 0.6) is 0 Å². The molecule has 0 spiro atoms. The zero-order valence-corrected chi connectivity index (χ0v) is 11.0. The van der Waals surface area contributed by atoms with Gasteiger partial charge in [0.05, 0.1) is 0 Å². The Bertz CT molecular complexity index is 31.8. The smallest absolute Gasteiger partial charge is 0.511 e. The Labute approximate surface area is 122 Å². The van der Waals surface area contributed by atoms with Gasteiger partial charge in [0.1, 0.15) is 0 Å². The van der Waals surface area contributed by atoms with Crippen LogP contribution in [0.15, 0.2) is 0 Å². The maximum Gasteiger partial charge on any atom is 0.761 e. The maximum absolute atomic E-state index is 8.74. The van der Waals surface area contributed by atoms with Crippen molar-refractivity contribution in [2.45, 2.75) is 0 Å². The summed E-state index contributed by atoms with van der Waals surface area (Å²) >= 11 is 0. The fourth-order valence-corrected chi connectivity index (χ4v) is 0. The van der Waals surface area contributed by atoms with Gasteiger partial charge in [0.15, 0.2) is 0 Å². The molecule has 0 bridgehead atoms. The van der Waals surface area contributed by atoms with E-state index in [1.165, 1.54) is 0 Å². The molecule has 0 fully saturated rings. The third kappa shape index (κ3) is 28.6. The summed E-state index contributed by atoms with van der Waals surface area (Å²) in [5, 5.41) is 0. The van der Waals surface area contributed by atoms with Crippen molar-refractivity contribution in [1.82, 2.24) is 0 Å². The van der Waals surface area contributed by atoms with Crippen molar-refractivity contribution in [2.24, 2.45) is 0 Å². The van der Waals surface area contributed by atoms with Crippen molar-refractivity contribution in [2.75, 3.05) is 0 Å². The predicted molar refractivity (Wildman–Crippen MR) is 22.4 cm³/mol. The van der Waals surface area contributed by atoms with Gasteiger partial charge >= 0.3 is 9.17 Å². The van der Waals surface area contributed by atoms with Gasteiger partial charge in [-0.3, -0.25) is 4.46 Å². The second kappa shape index (κ2) is 10.8. The van der Waals surface area contributed by atoms with Crippen molar-refractivity contribution < 1.29 is 14.1 Å². The molecule has 2 radical (unpaired) electrons. The third-order valence-electron chi connectivity index (χ3n) is 0. The van der Waals surface area contributed by atoms with Gasteiger partial charge in [0.2, 0.25) is 0 Å². The zero-order chi connectivity index (χ0) is 3.58. The predicted octanol–water partition coefficient (Wildman–Crippen LogP) is -2.38. The monoisotopic (exact) mass is 156 g/mol. The van der Waals surface area contributed by atoms with Crippen LogP contribution >= 0.6 is 0 Å². The molecule has 26 valence electrons. The van der Waals surface area contributed by atoms with Crippen LogP contribution in [0.2, 0.25) is 0 Å². The van der Waals surface area contributed by atoms with E-state index in [0.29, 0.717) is 0 Å². The standard InChI is InChI=1S/2K.H2O3Si/c;;1-4(2)3/h;;1-2H. The van der Waals surface area contributed by atoms with Crippen LogP contribution in [0, 0.1) is 0 Å². The van der Waals surface area contributed by atoms with Crippen LogP contribution in [-0.4, -0.2) is 122 Å². The van der Waals surface area contributed by atoms with Gasteiger partial charge in [-0.15, -0.1) is 0 Å². The summed E-state index contributed by atoms with van der Waals surface area (Å²) < 4.78 is 8.74. The molecule has 0 aliphatic rings. The van der Waals surface area contributed by atoms with E-state index in [2.05, 4.69) is 0 Å². The molecule has 0 aromatic heterocycles. The molecule has 0 amide bonds. The molecule has 0 rings (SSSR count). The summed E-state index contributed by atoms with van der Waals surface area (Å²) in [5.41, 5.74) is 0. The Kier molecular flexibility index (Phi) is 28.7. The largest absolute Gasteiger partial charge is 0.761 e. The quantitative estimate of drug-likeness (QED) is 0.385. The van der Waals surface area contributed by atoms with E-state index in [1.807, 2.05) is 0 Å². The first kappa shape index (κ1) is 16.0. The summed E-state index contributed by atoms with van der Waals surface area (Å²) in [4.78, 5) is 14.3. The molecule has 0 aliphatic carbocycles. The number of hydrogen-bond acceptors (Lipinski definition) is 1. The van der Waals surface area contributed by atoms with Gasteiger partial charge in [-0.25, -0.2) is 0 Å². The van der Waals surface area contributed by atoms with Crippen molar-refractivity contribution in [3.63, 3.8) is 0 Å². The van der Waals surface area contributed by atoms with Crippen molar-refractivity contribution in [3.05, 3.63) is 0 Å². The normalized spacial score (nSPS) is 4.00. The van der Waals surface area contributed by atoms with E-state index in [4.69, 9.17) is 14.1 Å². The van der Waals surface area contributed by atoms with Gasteiger partial charge in [0.25, 0.3) is 0 Å². The van der Waals surface area contributed by atoms with E-state index in [0.717, 1.165) is 0 Å². The molecule has 0 saturated carbocycles. The summed E-state index contributed by atoms with van der Waals surface area (Å²) in [7, 11) is -3.13. The second-order valence-electron chi connectivity index (χ2n) is 0.283. The molecular formula is H2K2O3Si. The zero-order valence-electron chi connectivity index (χ0n) is 3.80. The van der Waals surface area contributed by atoms with Gasteiger partial charge in [0, 0.05) is 103 Å². The van der Waals surface area contributed by atoms with Gasteiger partial charge in [-0.2, -0.15) is 0 Å². The first-order valence-electron chi connectivity index (χ1n) is 0.651. The van der Waals surface area contributed by atoms with Crippen molar-refractivity contribution in [3.8, 4) is 0 Å². The summed E-state index contributed by atoms with van der Waals surface area (Å²) in [5.74, 6) is 0. The Morgan fingerprint density at radius 1 is 1.17 bits per heavy atom. The Balaban J connectivity index is -0.0000000450. The van der Waals surface area contributed by atoms with E-state index >= 15 is 0 Å². The minimum atomic E-state index is -3.13. The molecule has 0 atom stereocenters. The van der Waals surface area contributed by atoms with Gasteiger partial charge in [-0.1, -0.05) is 0 Å². The molecule has 0 heterocycles. The topological polar surface area (TPSA) is 57.5 Å². The summed E-state index contributed by atoms with van der Waals surface area (Å²) in [6.45, 7) is 0. The Hall–Kier alpha value is 2.89.